The van der Waals surface area contributed by atoms with Gasteiger partial charge in [-0.2, -0.15) is 11.8 Å². The second-order valence-corrected chi connectivity index (χ2v) is 7.44. The highest BCUT2D eigenvalue weighted by atomic mass is 32.2. The highest BCUT2D eigenvalue weighted by Gasteiger charge is 2.17. The number of thioether (sulfide) groups is 1. The maximum atomic E-state index is 13.5. The lowest BCUT2D eigenvalue weighted by molar-refractivity contribution is 0.586. The molecule has 3 heteroatoms. The van der Waals surface area contributed by atoms with Gasteiger partial charge < -0.3 is 5.32 Å². The van der Waals surface area contributed by atoms with E-state index in [0.29, 0.717) is 0 Å². The molecule has 0 bridgehead atoms. The van der Waals surface area contributed by atoms with Crippen molar-refractivity contribution in [2.24, 2.45) is 0 Å². The van der Waals surface area contributed by atoms with Gasteiger partial charge in [0.2, 0.25) is 0 Å². The molecule has 1 unspecified atom stereocenters. The van der Waals surface area contributed by atoms with Gasteiger partial charge in [-0.1, -0.05) is 33.8 Å². The van der Waals surface area contributed by atoms with Crippen LogP contribution in [0.5, 0.6) is 0 Å². The Labute approximate surface area is 115 Å². The van der Waals surface area contributed by atoms with Gasteiger partial charge in [-0.3, -0.25) is 0 Å². The van der Waals surface area contributed by atoms with Gasteiger partial charge in [-0.15, -0.1) is 0 Å². The SMILES string of the molecule is CCNC(CSC(C)(C)C)c1cc(C)cc(F)c1. The minimum atomic E-state index is -0.145. The molecule has 1 nitrogen and oxygen atoms in total. The zero-order valence-corrected chi connectivity index (χ0v) is 12.8. The summed E-state index contributed by atoms with van der Waals surface area (Å²) in [6.07, 6.45) is 0. The molecule has 0 saturated carbocycles. The van der Waals surface area contributed by atoms with Crippen molar-refractivity contribution in [3.8, 4) is 0 Å². The van der Waals surface area contributed by atoms with Crippen LogP contribution in [0.2, 0.25) is 0 Å². The minimum absolute atomic E-state index is 0.145. The molecular formula is C15H24FNS. The molecular weight excluding hydrogens is 245 g/mol. The third kappa shape index (κ3) is 5.40. The first-order chi connectivity index (χ1) is 8.31. The van der Waals surface area contributed by atoms with Crippen molar-refractivity contribution >= 4 is 11.8 Å². The summed E-state index contributed by atoms with van der Waals surface area (Å²) in [5, 5.41) is 3.44. The Hall–Kier alpha value is -0.540. The molecule has 1 aromatic carbocycles. The Morgan fingerprint density at radius 1 is 1.28 bits per heavy atom. The van der Waals surface area contributed by atoms with E-state index in [1.807, 2.05) is 18.7 Å². The summed E-state index contributed by atoms with van der Waals surface area (Å²) in [6, 6.07) is 5.50. The fourth-order valence-corrected chi connectivity index (χ4v) is 2.80. The molecule has 1 atom stereocenters. The summed E-state index contributed by atoms with van der Waals surface area (Å²) in [7, 11) is 0. The zero-order valence-electron chi connectivity index (χ0n) is 12.0. The van der Waals surface area contributed by atoms with Gasteiger partial charge in [0.05, 0.1) is 0 Å². The topological polar surface area (TPSA) is 12.0 Å². The van der Waals surface area contributed by atoms with Crippen molar-refractivity contribution in [2.75, 3.05) is 12.3 Å². The van der Waals surface area contributed by atoms with Crippen LogP contribution in [0.3, 0.4) is 0 Å². The van der Waals surface area contributed by atoms with Crippen LogP contribution in [0.25, 0.3) is 0 Å². The van der Waals surface area contributed by atoms with Crippen LogP contribution in [-0.2, 0) is 0 Å². The molecule has 1 rings (SSSR count). The van der Waals surface area contributed by atoms with E-state index < -0.39 is 0 Å². The van der Waals surface area contributed by atoms with Crippen LogP contribution >= 0.6 is 11.8 Å². The largest absolute Gasteiger partial charge is 0.310 e. The molecule has 1 aromatic rings. The summed E-state index contributed by atoms with van der Waals surface area (Å²) in [5.41, 5.74) is 2.03. The van der Waals surface area contributed by atoms with Gasteiger partial charge in [0.15, 0.2) is 0 Å². The maximum absolute atomic E-state index is 13.5. The van der Waals surface area contributed by atoms with E-state index in [4.69, 9.17) is 0 Å². The van der Waals surface area contributed by atoms with E-state index >= 15 is 0 Å². The Balaban J connectivity index is 2.83. The Morgan fingerprint density at radius 2 is 1.94 bits per heavy atom. The number of halogens is 1. The van der Waals surface area contributed by atoms with Crippen molar-refractivity contribution < 1.29 is 4.39 Å². The second kappa shape index (κ2) is 6.58. The first kappa shape index (κ1) is 15.5. The van der Waals surface area contributed by atoms with Gasteiger partial charge in [-0.25, -0.2) is 4.39 Å². The lowest BCUT2D eigenvalue weighted by atomic mass is 10.1. The summed E-state index contributed by atoms with van der Waals surface area (Å²) < 4.78 is 13.7. The first-order valence-corrected chi connectivity index (χ1v) is 7.45. The van der Waals surface area contributed by atoms with Crippen LogP contribution in [0, 0.1) is 12.7 Å². The van der Waals surface area contributed by atoms with E-state index in [9.17, 15) is 4.39 Å². The van der Waals surface area contributed by atoms with E-state index in [0.717, 1.165) is 23.4 Å². The van der Waals surface area contributed by atoms with Crippen LogP contribution in [0.1, 0.15) is 44.9 Å². The van der Waals surface area contributed by atoms with Crippen LogP contribution in [-0.4, -0.2) is 17.0 Å². The Bertz CT molecular complexity index is 364. The first-order valence-electron chi connectivity index (χ1n) is 6.46. The van der Waals surface area contributed by atoms with Gasteiger partial charge in [0.1, 0.15) is 5.82 Å². The molecule has 18 heavy (non-hydrogen) atoms. The lowest BCUT2D eigenvalue weighted by Gasteiger charge is -2.24. The number of rotatable bonds is 5. The average Bonchev–Trinajstić information content (AvgIpc) is 2.21. The fraction of sp³-hybridized carbons (Fsp3) is 0.600. The predicted octanol–water partition coefficient (Wildman–Crippen LogP) is 4.32. The third-order valence-corrected chi connectivity index (χ3v) is 3.97. The molecule has 0 aliphatic rings. The molecule has 1 N–H and O–H groups in total. The molecule has 0 heterocycles. The number of hydrogen-bond donors (Lipinski definition) is 1. The molecule has 0 amide bonds. The molecule has 0 fully saturated rings. The molecule has 102 valence electrons. The molecule has 0 aliphatic carbocycles. The van der Waals surface area contributed by atoms with E-state index in [1.54, 1.807) is 12.1 Å². The number of hydrogen-bond acceptors (Lipinski definition) is 2. The third-order valence-electron chi connectivity index (χ3n) is 2.60. The average molecular weight is 269 g/mol. The molecule has 0 aliphatic heterocycles. The van der Waals surface area contributed by atoms with Crippen LogP contribution in [0.15, 0.2) is 18.2 Å². The Morgan fingerprint density at radius 3 is 2.44 bits per heavy atom. The van der Waals surface area contributed by atoms with E-state index in [-0.39, 0.29) is 16.6 Å². The fourth-order valence-electron chi connectivity index (χ4n) is 1.82. The van der Waals surface area contributed by atoms with Crippen molar-refractivity contribution in [1.82, 2.24) is 5.32 Å². The summed E-state index contributed by atoms with van der Waals surface area (Å²) in [5.74, 6) is 0.814. The van der Waals surface area contributed by atoms with Crippen LogP contribution < -0.4 is 5.32 Å². The molecule has 0 saturated heterocycles. The highest BCUT2D eigenvalue weighted by molar-refractivity contribution is 8.00. The Kier molecular flexibility index (Phi) is 5.67. The van der Waals surface area contributed by atoms with Crippen molar-refractivity contribution in [2.45, 2.75) is 45.4 Å². The summed E-state index contributed by atoms with van der Waals surface area (Å²) in [6.45, 7) is 11.5. The van der Waals surface area contributed by atoms with Crippen molar-refractivity contribution in [3.05, 3.63) is 35.1 Å². The van der Waals surface area contributed by atoms with Gasteiger partial charge in [0.25, 0.3) is 0 Å². The number of nitrogens with one attached hydrogen (secondary N) is 1. The maximum Gasteiger partial charge on any atom is 0.123 e. The summed E-state index contributed by atoms with van der Waals surface area (Å²) >= 11 is 1.90. The van der Waals surface area contributed by atoms with Crippen molar-refractivity contribution in [3.63, 3.8) is 0 Å². The number of benzene rings is 1. The van der Waals surface area contributed by atoms with Crippen LogP contribution in [0.4, 0.5) is 4.39 Å². The molecule has 0 radical (unpaired) electrons. The van der Waals surface area contributed by atoms with E-state index in [2.05, 4.69) is 39.1 Å². The monoisotopic (exact) mass is 269 g/mol. The zero-order chi connectivity index (χ0) is 13.8. The lowest BCUT2D eigenvalue weighted by Crippen LogP contribution is -2.25. The van der Waals surface area contributed by atoms with Gasteiger partial charge in [-0.05, 0) is 36.7 Å². The smallest absolute Gasteiger partial charge is 0.123 e. The van der Waals surface area contributed by atoms with Crippen molar-refractivity contribution in [1.29, 1.82) is 0 Å². The van der Waals surface area contributed by atoms with Gasteiger partial charge in [0, 0.05) is 16.5 Å². The molecule has 0 spiro atoms. The summed E-state index contributed by atoms with van der Waals surface area (Å²) in [4.78, 5) is 0. The van der Waals surface area contributed by atoms with Gasteiger partial charge >= 0.3 is 0 Å². The highest BCUT2D eigenvalue weighted by Crippen LogP contribution is 2.29. The molecule has 0 aromatic heterocycles. The quantitative estimate of drug-likeness (QED) is 0.854. The standard InChI is InChI=1S/C15H24FNS/c1-6-17-14(10-18-15(3,4)5)12-7-11(2)8-13(16)9-12/h7-9,14,17H,6,10H2,1-5H3. The predicted molar refractivity (Wildman–Crippen MR) is 79.8 cm³/mol. The second-order valence-electron chi connectivity index (χ2n) is 5.60. The minimum Gasteiger partial charge on any atom is -0.310 e. The normalized spacial score (nSPS) is 13.7. The van der Waals surface area contributed by atoms with E-state index in [1.165, 1.54) is 0 Å². The number of aryl methyl sites for hydroxylation is 1.